The number of rotatable bonds is 7. The Bertz CT molecular complexity index is 1160. The lowest BCUT2D eigenvalue weighted by molar-refractivity contribution is -0.115. The van der Waals surface area contributed by atoms with Crippen LogP contribution in [-0.2, 0) is 4.79 Å². The molecule has 2 aromatic heterocycles. The van der Waals surface area contributed by atoms with Crippen molar-refractivity contribution in [2.24, 2.45) is 0 Å². The second kappa shape index (κ2) is 8.72. The van der Waals surface area contributed by atoms with Crippen LogP contribution >= 0.6 is 23.1 Å². The van der Waals surface area contributed by atoms with Crippen LogP contribution in [0.2, 0.25) is 0 Å². The fourth-order valence-electron chi connectivity index (χ4n) is 2.78. The highest BCUT2D eigenvalue weighted by Crippen LogP contribution is 2.36. The second-order valence-electron chi connectivity index (χ2n) is 6.29. The van der Waals surface area contributed by atoms with Gasteiger partial charge in [-0.15, -0.1) is 10.2 Å². The smallest absolute Gasteiger partial charge is 0.239 e. The van der Waals surface area contributed by atoms with Gasteiger partial charge in [-0.3, -0.25) is 10.1 Å². The van der Waals surface area contributed by atoms with Crippen molar-refractivity contribution in [3.8, 4) is 22.1 Å². The van der Waals surface area contributed by atoms with E-state index < -0.39 is 0 Å². The van der Waals surface area contributed by atoms with E-state index in [9.17, 15) is 4.79 Å². The summed E-state index contributed by atoms with van der Waals surface area (Å²) in [4.78, 5) is 20.3. The molecule has 154 valence electrons. The highest BCUT2D eigenvalue weighted by atomic mass is 32.2. The van der Waals surface area contributed by atoms with Crippen molar-refractivity contribution in [3.05, 3.63) is 42.5 Å². The van der Waals surface area contributed by atoms with Crippen LogP contribution in [0.3, 0.4) is 0 Å². The van der Waals surface area contributed by atoms with Gasteiger partial charge < -0.3 is 14.5 Å². The lowest BCUT2D eigenvalue weighted by Gasteiger charge is -2.08. The summed E-state index contributed by atoms with van der Waals surface area (Å²) in [5.74, 6) is 1.15. The van der Waals surface area contributed by atoms with E-state index in [4.69, 9.17) is 9.47 Å². The van der Waals surface area contributed by atoms with Crippen LogP contribution < -0.4 is 14.8 Å². The maximum absolute atomic E-state index is 12.6. The number of hydrogen-bond acceptors (Lipinski definition) is 8. The first kappa shape index (κ1) is 20.2. The largest absolute Gasteiger partial charge is 0.497 e. The first-order valence-corrected chi connectivity index (χ1v) is 10.7. The van der Waals surface area contributed by atoms with E-state index in [1.807, 2.05) is 43.3 Å². The monoisotopic (exact) mass is 441 g/mol. The maximum atomic E-state index is 12.6. The van der Waals surface area contributed by atoms with Crippen molar-refractivity contribution in [2.45, 2.75) is 17.3 Å². The number of para-hydroxylation sites is 2. The quantitative estimate of drug-likeness (QED) is 0.414. The lowest BCUT2D eigenvalue weighted by Crippen LogP contribution is -2.22. The molecule has 2 heterocycles. The molecule has 4 rings (SSSR count). The summed E-state index contributed by atoms with van der Waals surface area (Å²) in [6.45, 7) is 1.82. The molecular formula is C20H19N5O3S2. The van der Waals surface area contributed by atoms with Crippen molar-refractivity contribution in [1.82, 2.24) is 20.2 Å². The highest BCUT2D eigenvalue weighted by Gasteiger charge is 2.19. The van der Waals surface area contributed by atoms with Gasteiger partial charge in [-0.05, 0) is 37.3 Å². The van der Waals surface area contributed by atoms with Gasteiger partial charge in [0.1, 0.15) is 11.5 Å². The number of anilines is 1. The number of benzene rings is 2. The van der Waals surface area contributed by atoms with Crippen molar-refractivity contribution in [3.63, 3.8) is 0 Å². The second-order valence-corrected chi connectivity index (χ2v) is 8.59. The molecule has 0 radical (unpaired) electrons. The molecule has 0 aliphatic rings. The van der Waals surface area contributed by atoms with Gasteiger partial charge in [0, 0.05) is 0 Å². The Labute approximate surface area is 181 Å². The Kier molecular flexibility index (Phi) is 5.86. The minimum Gasteiger partial charge on any atom is -0.497 e. The van der Waals surface area contributed by atoms with Gasteiger partial charge in [-0.1, -0.05) is 35.2 Å². The van der Waals surface area contributed by atoms with Crippen molar-refractivity contribution >= 4 is 45.2 Å². The van der Waals surface area contributed by atoms with Gasteiger partial charge in [0.15, 0.2) is 10.2 Å². The van der Waals surface area contributed by atoms with E-state index in [0.717, 1.165) is 16.6 Å². The number of carbonyl (C=O) groups excluding carboxylic acids is 1. The van der Waals surface area contributed by atoms with Gasteiger partial charge in [-0.25, -0.2) is 4.98 Å². The van der Waals surface area contributed by atoms with Gasteiger partial charge >= 0.3 is 0 Å². The molecule has 0 fully saturated rings. The minimum absolute atomic E-state index is 0.180. The van der Waals surface area contributed by atoms with Gasteiger partial charge in [0.2, 0.25) is 11.0 Å². The molecule has 1 amide bonds. The Morgan fingerprint density at radius 2 is 2.00 bits per heavy atom. The molecule has 0 aliphatic carbocycles. The number of fused-ring (bicyclic) bond motifs is 1. The van der Waals surface area contributed by atoms with Crippen LogP contribution in [0, 0.1) is 0 Å². The molecule has 10 heteroatoms. The third kappa shape index (κ3) is 4.24. The zero-order chi connectivity index (χ0) is 21.1. The van der Waals surface area contributed by atoms with E-state index in [0.29, 0.717) is 26.8 Å². The summed E-state index contributed by atoms with van der Waals surface area (Å²) in [6, 6.07) is 13.2. The van der Waals surface area contributed by atoms with Crippen LogP contribution in [0.15, 0.2) is 47.6 Å². The minimum atomic E-state index is -0.371. The van der Waals surface area contributed by atoms with Crippen molar-refractivity contribution < 1.29 is 14.3 Å². The number of amides is 1. The summed E-state index contributed by atoms with van der Waals surface area (Å²) < 4.78 is 10.7. The number of methoxy groups -OCH3 is 2. The molecule has 30 heavy (non-hydrogen) atoms. The molecule has 0 saturated carbocycles. The molecular weight excluding hydrogens is 422 g/mol. The predicted molar refractivity (Wildman–Crippen MR) is 118 cm³/mol. The topological polar surface area (TPSA) is 102 Å². The van der Waals surface area contributed by atoms with Crippen LogP contribution in [0.5, 0.6) is 11.5 Å². The fraction of sp³-hybridized carbons (Fsp3) is 0.200. The van der Waals surface area contributed by atoms with E-state index in [2.05, 4.69) is 25.5 Å². The molecule has 8 nitrogen and oxygen atoms in total. The number of aromatic amines is 1. The molecule has 2 aromatic carbocycles. The maximum Gasteiger partial charge on any atom is 0.239 e. The van der Waals surface area contributed by atoms with Gasteiger partial charge in [0.25, 0.3) is 0 Å². The van der Waals surface area contributed by atoms with Crippen LogP contribution in [0.1, 0.15) is 6.92 Å². The molecule has 0 spiro atoms. The van der Waals surface area contributed by atoms with Crippen LogP contribution in [0.4, 0.5) is 5.13 Å². The fourth-order valence-corrected chi connectivity index (χ4v) is 4.37. The molecule has 0 bridgehead atoms. The summed E-state index contributed by atoms with van der Waals surface area (Å²) in [6.07, 6.45) is 0. The first-order chi connectivity index (χ1) is 14.6. The number of thioether (sulfide) groups is 1. The predicted octanol–water partition coefficient (Wildman–Crippen LogP) is 4.22. The molecule has 0 saturated heterocycles. The van der Waals surface area contributed by atoms with Gasteiger partial charge in [-0.2, -0.15) is 0 Å². The molecule has 2 N–H and O–H groups in total. The third-order valence-corrected chi connectivity index (χ3v) is 6.17. The van der Waals surface area contributed by atoms with Crippen LogP contribution in [0.25, 0.3) is 21.6 Å². The summed E-state index contributed by atoms with van der Waals surface area (Å²) in [7, 11) is 3.18. The summed E-state index contributed by atoms with van der Waals surface area (Å²) >= 11 is 2.62. The van der Waals surface area contributed by atoms with E-state index >= 15 is 0 Å². The van der Waals surface area contributed by atoms with Gasteiger partial charge in [0.05, 0.1) is 36.1 Å². The number of carbonyl (C=O) groups is 1. The Hall–Kier alpha value is -3.11. The Balaban J connectivity index is 1.46. The number of aromatic nitrogens is 4. The van der Waals surface area contributed by atoms with E-state index in [1.165, 1.54) is 23.1 Å². The normalized spacial score (nSPS) is 12.0. The Morgan fingerprint density at radius 3 is 2.77 bits per heavy atom. The number of ether oxygens (including phenoxy) is 2. The van der Waals surface area contributed by atoms with Crippen LogP contribution in [-0.4, -0.2) is 45.5 Å². The van der Waals surface area contributed by atoms with Crippen molar-refractivity contribution in [2.75, 3.05) is 19.5 Å². The highest BCUT2D eigenvalue weighted by molar-refractivity contribution is 8.00. The first-order valence-electron chi connectivity index (χ1n) is 9.05. The SMILES string of the molecule is COc1ccc(OC)c(-c2nnc(NC(=O)C(C)Sc3nc4ccccc4[nH]3)s2)c1. The number of hydrogen-bond donors (Lipinski definition) is 2. The lowest BCUT2D eigenvalue weighted by atomic mass is 10.2. The zero-order valence-electron chi connectivity index (χ0n) is 16.5. The number of H-pyrrole nitrogens is 1. The summed E-state index contributed by atoms with van der Waals surface area (Å²) in [5.41, 5.74) is 2.56. The zero-order valence-corrected chi connectivity index (χ0v) is 18.1. The van der Waals surface area contributed by atoms with Crippen molar-refractivity contribution in [1.29, 1.82) is 0 Å². The molecule has 4 aromatic rings. The van der Waals surface area contributed by atoms with E-state index in [1.54, 1.807) is 20.3 Å². The van der Waals surface area contributed by atoms with E-state index in [-0.39, 0.29) is 11.2 Å². The molecule has 0 aliphatic heterocycles. The molecule has 1 atom stereocenters. The standard InChI is InChI=1S/C20H19N5O3S2/c1-11(29-19-21-14-6-4-5-7-15(14)22-19)17(26)23-20-25-24-18(30-20)13-10-12(27-2)8-9-16(13)28-3/h4-11H,1-3H3,(H,21,22)(H,23,25,26). The summed E-state index contributed by atoms with van der Waals surface area (Å²) in [5, 5.41) is 12.5. The third-order valence-electron chi connectivity index (χ3n) is 4.32. The molecule has 1 unspecified atom stereocenters. The number of imidazole rings is 1. The average Bonchev–Trinajstić information content (AvgIpc) is 3.39. The Morgan fingerprint density at radius 1 is 1.17 bits per heavy atom. The number of nitrogens with zero attached hydrogens (tertiary/aromatic N) is 3. The number of nitrogens with one attached hydrogen (secondary N) is 2. The average molecular weight is 442 g/mol.